The molecule has 3 fully saturated rings. The van der Waals surface area contributed by atoms with E-state index in [4.69, 9.17) is 9.47 Å². The molecule has 4 aliphatic heterocycles. The minimum atomic E-state index is -1.93. The van der Waals surface area contributed by atoms with Gasteiger partial charge in [-0.15, -0.1) is 0 Å². The van der Waals surface area contributed by atoms with E-state index < -0.39 is 59.5 Å². The molecular weight excluding hydrogens is 865 g/mol. The second-order valence-corrected chi connectivity index (χ2v) is 18.4. The Labute approximate surface area is 402 Å². The van der Waals surface area contributed by atoms with Crippen LogP contribution in [0.3, 0.4) is 0 Å². The molecule has 7 atom stereocenters. The van der Waals surface area contributed by atoms with Gasteiger partial charge >= 0.3 is 12.0 Å². The number of amides is 4. The number of aromatic hydroxyl groups is 1. The highest BCUT2D eigenvalue weighted by Crippen LogP contribution is 2.66. The second kappa shape index (κ2) is 19.1. The predicted molar refractivity (Wildman–Crippen MR) is 262 cm³/mol. The molecule has 0 aromatic heterocycles. The van der Waals surface area contributed by atoms with E-state index in [1.54, 1.807) is 43.5 Å². The molecule has 6 aromatic rings. The van der Waals surface area contributed by atoms with Gasteiger partial charge in [0.25, 0.3) is 0 Å². The number of carbonyl (C=O) groups is 4. The van der Waals surface area contributed by atoms with E-state index in [1.165, 1.54) is 4.90 Å². The van der Waals surface area contributed by atoms with Gasteiger partial charge in [0.15, 0.2) is 0 Å². The first-order chi connectivity index (χ1) is 33.7. The number of likely N-dealkylation sites (tertiary alicyclic amines) is 1. The zero-order valence-corrected chi connectivity index (χ0v) is 38.7. The Hall–Kier alpha value is -7.68. The van der Waals surface area contributed by atoms with Crippen molar-refractivity contribution < 1.29 is 33.8 Å². The van der Waals surface area contributed by atoms with Gasteiger partial charge in [0.2, 0.25) is 11.8 Å². The minimum Gasteiger partial charge on any atom is -0.508 e. The third kappa shape index (κ3) is 8.19. The number of urea groups is 1. The molecule has 69 heavy (non-hydrogen) atoms. The molecule has 3 saturated heterocycles. The third-order valence-corrected chi connectivity index (χ3v) is 14.4. The maximum atomic E-state index is 16.7. The van der Waals surface area contributed by atoms with Crippen LogP contribution < -0.4 is 15.0 Å². The lowest BCUT2D eigenvalue weighted by molar-refractivity contribution is -0.179. The number of morpholine rings is 1. The summed E-state index contributed by atoms with van der Waals surface area (Å²) in [6.45, 7) is 2.74. The van der Waals surface area contributed by atoms with E-state index in [1.807, 2.05) is 138 Å². The number of imide groups is 1. The summed E-state index contributed by atoms with van der Waals surface area (Å²) in [4.78, 5) is 68.7. The lowest BCUT2D eigenvalue weighted by Crippen LogP contribution is -2.57. The molecule has 2 N–H and O–H groups in total. The Kier molecular flexibility index (Phi) is 12.5. The number of hydrogen-bond donors (Lipinski definition) is 2. The average molecular weight is 919 g/mol. The topological polar surface area (TPSA) is 129 Å². The SMILES string of the molecule is COc1ccc(C#Cc2ccc3c(c2)[C@]2(C(=O)N3C(=O)N[C@H](C)c3ccccc3)[C@H](c3ccc(O)cc3)N3[C@H](c4ccccc4)[C@H](c4ccccc4)OC(=O)[C@H]3[C@@H]2C(=O)N2CCCCCCC2)cc1. The van der Waals surface area contributed by atoms with Gasteiger partial charge in [-0.3, -0.25) is 19.3 Å². The van der Waals surface area contributed by atoms with Crippen LogP contribution in [0, 0.1) is 17.8 Å². The van der Waals surface area contributed by atoms with E-state index >= 15 is 19.2 Å². The molecule has 348 valence electrons. The summed E-state index contributed by atoms with van der Waals surface area (Å²) < 4.78 is 12.1. The molecule has 1 spiro atoms. The van der Waals surface area contributed by atoms with Crippen molar-refractivity contribution in [2.45, 2.75) is 74.7 Å². The number of cyclic esters (lactones) is 1. The van der Waals surface area contributed by atoms with E-state index in [2.05, 4.69) is 17.2 Å². The molecule has 4 heterocycles. The summed E-state index contributed by atoms with van der Waals surface area (Å²) in [5.41, 5.74) is 2.95. The smallest absolute Gasteiger partial charge is 0.329 e. The molecule has 0 radical (unpaired) electrons. The number of anilines is 1. The van der Waals surface area contributed by atoms with Crippen LogP contribution in [0.15, 0.2) is 158 Å². The number of phenolic OH excluding ortho intramolecular Hbond substituents is 1. The Balaban J connectivity index is 1.25. The number of esters is 1. The quantitative estimate of drug-likeness (QED) is 0.120. The van der Waals surface area contributed by atoms with Crippen molar-refractivity contribution in [2.24, 2.45) is 5.92 Å². The Morgan fingerprint density at radius 2 is 1.30 bits per heavy atom. The van der Waals surface area contributed by atoms with Gasteiger partial charge in [0.05, 0.1) is 36.8 Å². The Morgan fingerprint density at radius 3 is 1.96 bits per heavy atom. The van der Waals surface area contributed by atoms with Crippen molar-refractivity contribution >= 4 is 29.5 Å². The number of nitrogens with one attached hydrogen (secondary N) is 1. The van der Waals surface area contributed by atoms with Gasteiger partial charge in [-0.05, 0) is 102 Å². The fraction of sp³-hybridized carbons (Fsp3) is 0.276. The van der Waals surface area contributed by atoms with Gasteiger partial charge < -0.3 is 24.8 Å². The summed E-state index contributed by atoms with van der Waals surface area (Å²) >= 11 is 0. The maximum Gasteiger partial charge on any atom is 0.329 e. The lowest BCUT2D eigenvalue weighted by Gasteiger charge is -2.46. The number of hydrogen-bond acceptors (Lipinski definition) is 8. The van der Waals surface area contributed by atoms with Crippen molar-refractivity contribution in [1.82, 2.24) is 15.1 Å². The fourth-order valence-corrected chi connectivity index (χ4v) is 11.2. The van der Waals surface area contributed by atoms with Crippen LogP contribution in [-0.2, 0) is 24.5 Å². The highest BCUT2D eigenvalue weighted by molar-refractivity contribution is 6.24. The summed E-state index contributed by atoms with van der Waals surface area (Å²) in [5, 5.41) is 13.9. The number of rotatable bonds is 7. The summed E-state index contributed by atoms with van der Waals surface area (Å²) in [6, 6.07) is 43.8. The summed E-state index contributed by atoms with van der Waals surface area (Å²) in [5.74, 6) is 4.22. The van der Waals surface area contributed by atoms with Gasteiger partial charge in [0, 0.05) is 24.2 Å². The Morgan fingerprint density at radius 1 is 0.710 bits per heavy atom. The molecule has 0 unspecified atom stereocenters. The van der Waals surface area contributed by atoms with Crippen molar-refractivity contribution in [2.75, 3.05) is 25.1 Å². The number of nitrogens with zero attached hydrogens (tertiary/aromatic N) is 3. The molecule has 11 heteroatoms. The predicted octanol–water partition coefficient (Wildman–Crippen LogP) is 9.73. The van der Waals surface area contributed by atoms with Gasteiger partial charge in [0.1, 0.15) is 29.1 Å². The first kappa shape index (κ1) is 45.1. The number of carbonyl (C=O) groups excluding carboxylic acids is 4. The molecule has 4 aliphatic rings. The number of phenols is 1. The first-order valence-electron chi connectivity index (χ1n) is 23.8. The van der Waals surface area contributed by atoms with Crippen LogP contribution in [0.1, 0.15) is 102 Å². The second-order valence-electron chi connectivity index (χ2n) is 18.4. The summed E-state index contributed by atoms with van der Waals surface area (Å²) in [7, 11) is 1.60. The standard InChI is InChI=1S/C58H54N4O7/c1-38(41-17-9-6-10-18-41)59-57(67)61-48-34-27-40(24-23-39-25-32-46(68-2)33-26-39)37-47(48)58(56(61)66)49(54(64)60-35-15-4-3-5-16-36-60)51-55(65)69-52(43-21-13-8-14-22-43)50(42-19-11-7-12-20-42)62(51)53(58)44-28-30-45(63)31-29-44/h6-14,17-22,25-34,37-38,49-53,63H,3-5,15-16,35-36H2,1-2H3,(H,59,67)/t38-,49-,50-,51-,52+,53+,58-/m1/s1. The number of benzene rings is 6. The van der Waals surface area contributed by atoms with Gasteiger partial charge in [-0.1, -0.05) is 134 Å². The average Bonchev–Trinajstić information content (AvgIpc) is 3.83. The van der Waals surface area contributed by atoms with E-state index in [9.17, 15) is 5.11 Å². The number of fused-ring (bicyclic) bond motifs is 3. The fourth-order valence-electron chi connectivity index (χ4n) is 11.2. The number of methoxy groups -OCH3 is 1. The molecule has 0 bridgehead atoms. The third-order valence-electron chi connectivity index (χ3n) is 14.4. The maximum absolute atomic E-state index is 16.7. The highest BCUT2D eigenvalue weighted by Gasteiger charge is 2.76. The van der Waals surface area contributed by atoms with Crippen molar-refractivity contribution in [3.8, 4) is 23.3 Å². The van der Waals surface area contributed by atoms with E-state index in [0.717, 1.165) is 54.4 Å². The lowest BCUT2D eigenvalue weighted by atomic mass is 9.64. The van der Waals surface area contributed by atoms with Crippen LogP contribution in [-0.4, -0.2) is 65.0 Å². The zero-order valence-electron chi connectivity index (χ0n) is 38.7. The van der Waals surface area contributed by atoms with Crippen LogP contribution in [0.4, 0.5) is 10.5 Å². The summed E-state index contributed by atoms with van der Waals surface area (Å²) in [6.07, 6.45) is 3.58. The minimum absolute atomic E-state index is 0.000533. The van der Waals surface area contributed by atoms with E-state index in [-0.39, 0.29) is 17.3 Å². The molecule has 10 rings (SSSR count). The Bertz CT molecular complexity index is 2910. The van der Waals surface area contributed by atoms with Gasteiger partial charge in [-0.25, -0.2) is 9.69 Å². The zero-order chi connectivity index (χ0) is 47.6. The van der Waals surface area contributed by atoms with Crippen LogP contribution in [0.2, 0.25) is 0 Å². The van der Waals surface area contributed by atoms with Crippen LogP contribution in [0.25, 0.3) is 0 Å². The number of ether oxygens (including phenoxy) is 2. The van der Waals surface area contributed by atoms with Crippen molar-refractivity contribution in [3.63, 3.8) is 0 Å². The van der Waals surface area contributed by atoms with Gasteiger partial charge in [-0.2, -0.15) is 0 Å². The largest absolute Gasteiger partial charge is 0.508 e. The van der Waals surface area contributed by atoms with Crippen molar-refractivity contribution in [3.05, 3.63) is 197 Å². The van der Waals surface area contributed by atoms with Crippen LogP contribution >= 0.6 is 0 Å². The normalized spacial score (nSPS) is 23.7. The molecular formula is C58H54N4O7. The molecule has 4 amide bonds. The molecule has 6 aromatic carbocycles. The molecule has 0 aliphatic carbocycles. The highest BCUT2D eigenvalue weighted by atomic mass is 16.6. The van der Waals surface area contributed by atoms with Crippen LogP contribution in [0.5, 0.6) is 11.5 Å². The molecule has 0 saturated carbocycles. The monoisotopic (exact) mass is 918 g/mol. The van der Waals surface area contributed by atoms with E-state index in [0.29, 0.717) is 35.5 Å². The first-order valence-corrected chi connectivity index (χ1v) is 23.8. The van der Waals surface area contributed by atoms with Crippen molar-refractivity contribution in [1.29, 1.82) is 0 Å². The molecule has 11 nitrogen and oxygen atoms in total.